The largest absolute Gasteiger partial charge is 0.388 e. The van der Waals surface area contributed by atoms with Gasteiger partial charge in [0.25, 0.3) is 0 Å². The summed E-state index contributed by atoms with van der Waals surface area (Å²) in [4.78, 5) is 12.0. The molecule has 3 N–H and O–H groups in total. The maximum Gasteiger partial charge on any atom is 0.315 e. The van der Waals surface area contributed by atoms with E-state index in [0.717, 1.165) is 22.5 Å². The number of rotatable bonds is 6. The van der Waals surface area contributed by atoms with E-state index in [0.29, 0.717) is 13.0 Å². The Balaban J connectivity index is 1.81. The number of aliphatic hydroxyl groups is 1. The van der Waals surface area contributed by atoms with Gasteiger partial charge in [-0.2, -0.15) is 5.10 Å². The maximum absolute atomic E-state index is 12.0. The first-order valence-corrected chi connectivity index (χ1v) is 8.17. The summed E-state index contributed by atoms with van der Waals surface area (Å²) in [6.07, 6.45) is -0.108. The van der Waals surface area contributed by atoms with E-state index in [1.807, 2.05) is 62.8 Å². The third kappa shape index (κ3) is 4.35. The highest BCUT2D eigenvalue weighted by atomic mass is 16.3. The molecule has 1 heterocycles. The quantitative estimate of drug-likeness (QED) is 0.761. The summed E-state index contributed by atoms with van der Waals surface area (Å²) in [5.41, 5.74) is 3.86. The zero-order valence-corrected chi connectivity index (χ0v) is 14.7. The summed E-state index contributed by atoms with van der Waals surface area (Å²) in [6.45, 7) is 6.27. The fraction of sp³-hybridized carbons (Fsp3) is 0.444. The Bertz CT molecular complexity index is 682. The Morgan fingerprint density at radius 3 is 2.54 bits per heavy atom. The molecule has 0 fully saturated rings. The van der Waals surface area contributed by atoms with Crippen LogP contribution in [0.4, 0.5) is 4.79 Å². The molecule has 0 radical (unpaired) electrons. The lowest BCUT2D eigenvalue weighted by molar-refractivity contribution is 0.166. The van der Waals surface area contributed by atoms with Crippen LogP contribution in [0, 0.1) is 13.8 Å². The number of hydrogen-bond donors (Lipinski definition) is 3. The van der Waals surface area contributed by atoms with E-state index in [1.165, 1.54) is 0 Å². The van der Waals surface area contributed by atoms with Gasteiger partial charge in [0.15, 0.2) is 0 Å². The Morgan fingerprint density at radius 2 is 1.96 bits per heavy atom. The van der Waals surface area contributed by atoms with Crippen LogP contribution < -0.4 is 10.6 Å². The second kappa shape index (κ2) is 7.97. The second-order valence-corrected chi connectivity index (χ2v) is 6.05. The summed E-state index contributed by atoms with van der Waals surface area (Å²) in [5.74, 6) is 0. The molecule has 0 spiro atoms. The molecule has 2 atom stereocenters. The molecule has 0 unspecified atom stereocenters. The van der Waals surface area contributed by atoms with Gasteiger partial charge in [-0.05, 0) is 32.8 Å². The maximum atomic E-state index is 12.0. The summed E-state index contributed by atoms with van der Waals surface area (Å²) in [6, 6.07) is 9.06. The molecule has 130 valence electrons. The topological polar surface area (TPSA) is 79.2 Å². The minimum absolute atomic E-state index is 0.127. The van der Waals surface area contributed by atoms with E-state index in [9.17, 15) is 9.90 Å². The number of aromatic nitrogens is 2. The minimum atomic E-state index is -0.577. The number of aryl methyl sites for hydroxylation is 2. The third-order valence-electron chi connectivity index (χ3n) is 4.23. The number of urea groups is 1. The van der Waals surface area contributed by atoms with Crippen molar-refractivity contribution in [3.63, 3.8) is 0 Å². The predicted octanol–water partition coefficient (Wildman–Crippen LogP) is 2.52. The van der Waals surface area contributed by atoms with E-state index in [2.05, 4.69) is 15.7 Å². The molecule has 0 aliphatic rings. The van der Waals surface area contributed by atoms with Crippen LogP contribution in [0.3, 0.4) is 0 Å². The fourth-order valence-electron chi connectivity index (χ4n) is 2.90. The lowest BCUT2D eigenvalue weighted by Crippen LogP contribution is -2.38. The van der Waals surface area contributed by atoms with Crippen molar-refractivity contribution < 1.29 is 9.90 Å². The lowest BCUT2D eigenvalue weighted by Gasteiger charge is -2.16. The predicted molar refractivity (Wildman–Crippen MR) is 93.7 cm³/mol. The number of carbonyl (C=O) groups excluding carboxylic acids is 1. The van der Waals surface area contributed by atoms with Crippen molar-refractivity contribution in [2.24, 2.45) is 7.05 Å². The first-order valence-electron chi connectivity index (χ1n) is 8.17. The molecule has 1 aromatic heterocycles. The number of nitrogens with one attached hydrogen (secondary N) is 2. The third-order valence-corrected chi connectivity index (χ3v) is 4.23. The highest BCUT2D eigenvalue weighted by Crippen LogP contribution is 2.20. The molecule has 2 rings (SSSR count). The van der Waals surface area contributed by atoms with Gasteiger partial charge in [-0.1, -0.05) is 30.3 Å². The molecule has 0 saturated carbocycles. The number of nitrogens with zero attached hydrogens (tertiary/aromatic N) is 2. The molecule has 6 heteroatoms. The van der Waals surface area contributed by atoms with Gasteiger partial charge >= 0.3 is 6.03 Å². The lowest BCUT2D eigenvalue weighted by atomic mass is 10.1. The first-order chi connectivity index (χ1) is 11.4. The number of hydrogen-bond acceptors (Lipinski definition) is 3. The van der Waals surface area contributed by atoms with Crippen molar-refractivity contribution in [2.45, 2.75) is 39.3 Å². The Labute approximate surface area is 142 Å². The van der Waals surface area contributed by atoms with E-state index >= 15 is 0 Å². The number of carbonyl (C=O) groups is 1. The average molecular weight is 330 g/mol. The van der Waals surface area contributed by atoms with Crippen molar-refractivity contribution >= 4 is 6.03 Å². The Hall–Kier alpha value is -2.34. The van der Waals surface area contributed by atoms with Gasteiger partial charge in [-0.15, -0.1) is 0 Å². The highest BCUT2D eigenvalue weighted by molar-refractivity contribution is 5.74. The number of benzene rings is 1. The van der Waals surface area contributed by atoms with Crippen LogP contribution in [0.15, 0.2) is 30.3 Å². The summed E-state index contributed by atoms with van der Waals surface area (Å²) in [5, 5.41) is 20.2. The van der Waals surface area contributed by atoms with Crippen molar-refractivity contribution in [2.75, 3.05) is 6.54 Å². The molecule has 6 nitrogen and oxygen atoms in total. The van der Waals surface area contributed by atoms with E-state index in [-0.39, 0.29) is 12.1 Å². The highest BCUT2D eigenvalue weighted by Gasteiger charge is 2.18. The summed E-state index contributed by atoms with van der Waals surface area (Å²) < 4.78 is 1.82. The van der Waals surface area contributed by atoms with Crippen molar-refractivity contribution in [3.8, 4) is 0 Å². The second-order valence-electron chi connectivity index (χ2n) is 6.05. The van der Waals surface area contributed by atoms with Crippen molar-refractivity contribution in [1.29, 1.82) is 0 Å². The molecule has 0 saturated heterocycles. The van der Waals surface area contributed by atoms with Gasteiger partial charge in [-0.3, -0.25) is 4.68 Å². The monoisotopic (exact) mass is 330 g/mol. The smallest absolute Gasteiger partial charge is 0.315 e. The van der Waals surface area contributed by atoms with Gasteiger partial charge in [0.1, 0.15) is 0 Å². The van der Waals surface area contributed by atoms with Crippen LogP contribution in [0.25, 0.3) is 0 Å². The van der Waals surface area contributed by atoms with E-state index in [1.54, 1.807) is 0 Å². The average Bonchev–Trinajstić information content (AvgIpc) is 2.80. The van der Waals surface area contributed by atoms with E-state index < -0.39 is 6.10 Å². The zero-order valence-electron chi connectivity index (χ0n) is 14.7. The van der Waals surface area contributed by atoms with Crippen LogP contribution in [-0.2, 0) is 7.05 Å². The fourth-order valence-corrected chi connectivity index (χ4v) is 2.90. The Morgan fingerprint density at radius 1 is 1.29 bits per heavy atom. The molecular formula is C18H26N4O2. The van der Waals surface area contributed by atoms with Crippen LogP contribution in [0.2, 0.25) is 0 Å². The zero-order chi connectivity index (χ0) is 17.7. The van der Waals surface area contributed by atoms with Crippen LogP contribution in [-0.4, -0.2) is 27.5 Å². The molecule has 0 bridgehead atoms. The molecule has 0 aliphatic carbocycles. The molecular weight excluding hydrogens is 304 g/mol. The van der Waals surface area contributed by atoms with Gasteiger partial charge < -0.3 is 15.7 Å². The number of amides is 2. The Kier molecular flexibility index (Phi) is 5.98. The SMILES string of the molecule is Cc1nn(C)c(C)c1[C@@H](C)NC(=O)NCC[C@@H](O)c1ccccc1. The molecule has 24 heavy (non-hydrogen) atoms. The first kappa shape index (κ1) is 18.0. The van der Waals surface area contributed by atoms with Gasteiger partial charge in [-0.25, -0.2) is 4.79 Å². The normalized spacial score (nSPS) is 13.4. The van der Waals surface area contributed by atoms with Crippen LogP contribution in [0.1, 0.15) is 48.0 Å². The minimum Gasteiger partial charge on any atom is -0.388 e. The number of aliphatic hydroxyl groups excluding tert-OH is 1. The molecule has 0 aliphatic heterocycles. The van der Waals surface area contributed by atoms with Crippen molar-refractivity contribution in [3.05, 3.63) is 52.8 Å². The summed E-state index contributed by atoms with van der Waals surface area (Å²) in [7, 11) is 1.89. The van der Waals surface area contributed by atoms with Gasteiger partial charge in [0.05, 0.1) is 17.8 Å². The standard InChI is InChI=1S/C18H26N4O2/c1-12(17-13(2)21-22(4)14(17)3)20-18(24)19-11-10-16(23)15-8-6-5-7-9-15/h5-9,12,16,23H,10-11H2,1-4H3,(H2,19,20,24)/t12-,16-/m1/s1. The van der Waals surface area contributed by atoms with Crippen LogP contribution >= 0.6 is 0 Å². The summed E-state index contributed by atoms with van der Waals surface area (Å²) >= 11 is 0. The molecule has 2 aromatic rings. The van der Waals surface area contributed by atoms with Gasteiger partial charge in [0.2, 0.25) is 0 Å². The van der Waals surface area contributed by atoms with E-state index in [4.69, 9.17) is 0 Å². The van der Waals surface area contributed by atoms with Gasteiger partial charge in [0, 0.05) is 24.8 Å². The van der Waals surface area contributed by atoms with Crippen LogP contribution in [0.5, 0.6) is 0 Å². The molecule has 1 aromatic carbocycles. The molecule has 2 amide bonds. The van der Waals surface area contributed by atoms with Crippen molar-refractivity contribution in [1.82, 2.24) is 20.4 Å².